The van der Waals surface area contributed by atoms with Gasteiger partial charge in [-0.15, -0.1) is 0 Å². The van der Waals surface area contributed by atoms with Gasteiger partial charge in [-0.2, -0.15) is 0 Å². The van der Waals surface area contributed by atoms with Crippen LogP contribution in [0.1, 0.15) is 67.3 Å². The molecule has 4 nitrogen and oxygen atoms in total. The average Bonchev–Trinajstić information content (AvgIpc) is 3.23. The van der Waals surface area contributed by atoms with E-state index in [0.29, 0.717) is 17.9 Å². The molecule has 3 aromatic carbocycles. The van der Waals surface area contributed by atoms with Gasteiger partial charge in [-0.1, -0.05) is 45.1 Å². The Bertz CT molecular complexity index is 1330. The largest absolute Gasteiger partial charge is 0.497 e. The van der Waals surface area contributed by atoms with Crippen molar-refractivity contribution in [1.82, 2.24) is 0 Å². The Labute approximate surface area is 218 Å². The van der Waals surface area contributed by atoms with E-state index in [2.05, 4.69) is 32.9 Å². The van der Waals surface area contributed by atoms with Crippen molar-refractivity contribution in [2.24, 2.45) is 5.41 Å². The highest BCUT2D eigenvalue weighted by Gasteiger charge is 2.25. The van der Waals surface area contributed by atoms with Crippen LogP contribution < -0.4 is 9.47 Å². The molecule has 37 heavy (non-hydrogen) atoms. The molecule has 0 aliphatic heterocycles. The molecule has 5 heteroatoms. The maximum atomic E-state index is 14.9. The lowest BCUT2D eigenvalue weighted by Crippen LogP contribution is -2.04. The average molecular weight is 503 g/mol. The van der Waals surface area contributed by atoms with Crippen LogP contribution in [-0.2, 0) is 17.8 Å². The van der Waals surface area contributed by atoms with Gasteiger partial charge in [0.15, 0.2) is 0 Å². The predicted octanol–water partition coefficient (Wildman–Crippen LogP) is 7.95. The minimum Gasteiger partial charge on any atom is -0.497 e. The van der Waals surface area contributed by atoms with Crippen LogP contribution in [0.15, 0.2) is 54.6 Å². The SMILES string of the molecule is COc1ccc(F)c(-c2cc(C)c(COc3ccc4c(c3)[C@@H](CC(=O)O)CC4)cc2C=CC(C)(C)C)c1. The highest BCUT2D eigenvalue weighted by Crippen LogP contribution is 2.38. The first-order valence-electron chi connectivity index (χ1n) is 12.7. The van der Waals surface area contributed by atoms with Crippen LogP contribution in [0.25, 0.3) is 17.2 Å². The van der Waals surface area contributed by atoms with Gasteiger partial charge in [0.25, 0.3) is 0 Å². The van der Waals surface area contributed by atoms with Crippen molar-refractivity contribution in [2.45, 2.75) is 59.5 Å². The fraction of sp³-hybridized carbons (Fsp3) is 0.344. The van der Waals surface area contributed by atoms with Crippen LogP contribution in [0, 0.1) is 18.2 Å². The van der Waals surface area contributed by atoms with E-state index in [1.165, 1.54) is 11.6 Å². The zero-order valence-corrected chi connectivity index (χ0v) is 22.2. The first-order chi connectivity index (χ1) is 17.5. The molecule has 0 radical (unpaired) electrons. The minimum absolute atomic E-state index is 0.0315. The van der Waals surface area contributed by atoms with Crippen molar-refractivity contribution in [3.05, 3.63) is 88.2 Å². The summed E-state index contributed by atoms with van der Waals surface area (Å²) in [7, 11) is 1.58. The molecule has 1 aliphatic rings. The second-order valence-corrected chi connectivity index (χ2v) is 10.9. The van der Waals surface area contributed by atoms with Crippen molar-refractivity contribution in [2.75, 3.05) is 7.11 Å². The Kier molecular flexibility index (Phi) is 7.72. The number of rotatable bonds is 8. The molecule has 3 aromatic rings. The molecule has 1 aliphatic carbocycles. The lowest BCUT2D eigenvalue weighted by atomic mass is 9.90. The summed E-state index contributed by atoms with van der Waals surface area (Å²) in [5.74, 6) is 0.283. The molecular weight excluding hydrogens is 467 g/mol. The van der Waals surface area contributed by atoms with E-state index >= 15 is 0 Å². The number of methoxy groups -OCH3 is 1. The van der Waals surface area contributed by atoms with E-state index in [1.54, 1.807) is 19.2 Å². The second kappa shape index (κ2) is 10.8. The lowest BCUT2D eigenvalue weighted by molar-refractivity contribution is -0.137. The van der Waals surface area contributed by atoms with Crippen LogP contribution in [-0.4, -0.2) is 18.2 Å². The minimum atomic E-state index is -0.775. The summed E-state index contributed by atoms with van der Waals surface area (Å²) in [5, 5.41) is 9.26. The van der Waals surface area contributed by atoms with Crippen molar-refractivity contribution >= 4 is 12.0 Å². The summed E-state index contributed by atoms with van der Waals surface area (Å²) in [5.41, 5.74) is 6.44. The zero-order valence-electron chi connectivity index (χ0n) is 22.2. The third kappa shape index (κ3) is 6.40. The van der Waals surface area contributed by atoms with Gasteiger partial charge in [-0.05, 0) is 101 Å². The summed E-state index contributed by atoms with van der Waals surface area (Å²) >= 11 is 0. The van der Waals surface area contributed by atoms with E-state index in [1.807, 2.05) is 37.3 Å². The Hall–Kier alpha value is -3.60. The van der Waals surface area contributed by atoms with Crippen molar-refractivity contribution in [1.29, 1.82) is 0 Å². The fourth-order valence-corrected chi connectivity index (χ4v) is 4.82. The molecule has 1 N–H and O–H groups in total. The number of halogens is 1. The first kappa shape index (κ1) is 26.5. The van der Waals surface area contributed by atoms with Crippen molar-refractivity contribution in [3.63, 3.8) is 0 Å². The molecule has 0 spiro atoms. The van der Waals surface area contributed by atoms with E-state index in [-0.39, 0.29) is 23.6 Å². The molecule has 4 rings (SSSR count). The number of benzene rings is 3. The molecule has 0 aromatic heterocycles. The number of ether oxygens (including phenoxy) is 2. The van der Waals surface area contributed by atoms with Crippen LogP contribution in [0.2, 0.25) is 0 Å². The third-order valence-corrected chi connectivity index (χ3v) is 6.87. The number of aryl methyl sites for hydroxylation is 2. The number of carboxylic acid groups (broad SMARTS) is 1. The number of fused-ring (bicyclic) bond motifs is 1. The topological polar surface area (TPSA) is 55.8 Å². The third-order valence-electron chi connectivity index (χ3n) is 6.87. The standard InChI is InChI=1S/C32H35FO4/c1-20-14-28(29-17-25(36-5)10-11-30(29)33)23(12-13-32(2,3)4)15-24(20)19-37-26-9-8-21-6-7-22(16-31(34)35)27(21)18-26/h8-15,17-18,22H,6-7,16,19H2,1-5H3,(H,34,35)/t22-/m1/s1. The van der Waals surface area contributed by atoms with Gasteiger partial charge in [0, 0.05) is 5.56 Å². The summed E-state index contributed by atoms with van der Waals surface area (Å²) in [6, 6.07) is 14.8. The monoisotopic (exact) mass is 502 g/mol. The Balaban J connectivity index is 1.66. The Morgan fingerprint density at radius 2 is 1.84 bits per heavy atom. The number of allylic oxidation sites excluding steroid dienone is 1. The van der Waals surface area contributed by atoms with E-state index in [0.717, 1.165) is 46.4 Å². The summed E-state index contributed by atoms with van der Waals surface area (Å²) < 4.78 is 26.5. The maximum absolute atomic E-state index is 14.9. The van der Waals surface area contributed by atoms with E-state index < -0.39 is 5.97 Å². The summed E-state index contributed by atoms with van der Waals surface area (Å²) in [6.07, 6.45) is 6.06. The van der Waals surface area contributed by atoms with Gasteiger partial charge in [0.1, 0.15) is 23.9 Å². The van der Waals surface area contributed by atoms with Gasteiger partial charge >= 0.3 is 5.97 Å². The number of carboxylic acids is 1. The first-order valence-corrected chi connectivity index (χ1v) is 12.7. The number of hydrogen-bond acceptors (Lipinski definition) is 3. The van der Waals surface area contributed by atoms with Crippen molar-refractivity contribution in [3.8, 4) is 22.6 Å². The smallest absolute Gasteiger partial charge is 0.303 e. The maximum Gasteiger partial charge on any atom is 0.303 e. The molecule has 1 atom stereocenters. The Morgan fingerprint density at radius 3 is 2.54 bits per heavy atom. The number of carbonyl (C=O) groups is 1. The number of aliphatic carboxylic acids is 1. The quantitative estimate of drug-likeness (QED) is 0.340. The molecule has 0 amide bonds. The molecule has 0 bridgehead atoms. The van der Waals surface area contributed by atoms with Crippen LogP contribution in [0.3, 0.4) is 0 Å². The van der Waals surface area contributed by atoms with Crippen LogP contribution in [0.4, 0.5) is 4.39 Å². The molecule has 0 fully saturated rings. The van der Waals surface area contributed by atoms with Crippen LogP contribution >= 0.6 is 0 Å². The van der Waals surface area contributed by atoms with Gasteiger partial charge in [-0.3, -0.25) is 4.79 Å². The van der Waals surface area contributed by atoms with Gasteiger partial charge in [-0.25, -0.2) is 4.39 Å². The van der Waals surface area contributed by atoms with Gasteiger partial charge < -0.3 is 14.6 Å². The predicted molar refractivity (Wildman–Crippen MR) is 146 cm³/mol. The number of hydrogen-bond donors (Lipinski definition) is 1. The second-order valence-electron chi connectivity index (χ2n) is 10.9. The highest BCUT2D eigenvalue weighted by atomic mass is 19.1. The van der Waals surface area contributed by atoms with Gasteiger partial charge in [0.2, 0.25) is 0 Å². The fourth-order valence-electron chi connectivity index (χ4n) is 4.82. The molecule has 0 saturated carbocycles. The molecule has 0 saturated heterocycles. The molecule has 0 heterocycles. The summed E-state index contributed by atoms with van der Waals surface area (Å²) in [4.78, 5) is 11.3. The zero-order chi connectivity index (χ0) is 26.7. The molecule has 194 valence electrons. The molecule has 0 unspecified atom stereocenters. The summed E-state index contributed by atoms with van der Waals surface area (Å²) in [6.45, 7) is 8.73. The van der Waals surface area contributed by atoms with Crippen LogP contribution in [0.5, 0.6) is 11.5 Å². The van der Waals surface area contributed by atoms with E-state index in [9.17, 15) is 14.3 Å². The van der Waals surface area contributed by atoms with Gasteiger partial charge in [0.05, 0.1) is 13.5 Å². The Morgan fingerprint density at radius 1 is 1.08 bits per heavy atom. The van der Waals surface area contributed by atoms with E-state index in [4.69, 9.17) is 9.47 Å². The molecular formula is C32H35FO4. The van der Waals surface area contributed by atoms with Crippen molar-refractivity contribution < 1.29 is 23.8 Å². The highest BCUT2D eigenvalue weighted by molar-refractivity contribution is 5.78. The lowest BCUT2D eigenvalue weighted by Gasteiger charge is -2.17. The normalized spacial score (nSPS) is 15.1.